The van der Waals surface area contributed by atoms with Gasteiger partial charge in [-0.1, -0.05) is 48.6 Å². The molecule has 1 aromatic rings. The second-order valence-electron chi connectivity index (χ2n) is 4.57. The Hall–Kier alpha value is -1.42. The molecule has 0 N–H and O–H groups in total. The van der Waals surface area contributed by atoms with Crippen LogP contribution in [0.2, 0.25) is 0 Å². The monoisotopic (exact) mass is 262 g/mol. The van der Waals surface area contributed by atoms with Crippen molar-refractivity contribution in [3.05, 3.63) is 60.2 Å². The number of hydrogen-bond donors (Lipinski definition) is 0. The van der Waals surface area contributed by atoms with Crippen molar-refractivity contribution in [2.75, 3.05) is 7.11 Å². The van der Waals surface area contributed by atoms with Crippen LogP contribution in [0.3, 0.4) is 0 Å². The highest BCUT2D eigenvalue weighted by Crippen LogP contribution is 2.25. The van der Waals surface area contributed by atoms with Crippen LogP contribution >= 0.6 is 0 Å². The minimum Gasteiger partial charge on any atom is -0.350 e. The summed E-state index contributed by atoms with van der Waals surface area (Å²) in [6.45, 7) is 5.84. The maximum absolute atomic E-state index is 5.50. The van der Waals surface area contributed by atoms with Gasteiger partial charge in [0, 0.05) is 7.11 Å². The first kappa shape index (κ1) is 15.6. The molecule has 0 bridgehead atoms. The van der Waals surface area contributed by atoms with Crippen molar-refractivity contribution in [2.45, 2.75) is 32.7 Å². The Labute approximate surface area is 115 Å². The summed E-state index contributed by atoms with van der Waals surface area (Å²) in [6.07, 6.45) is 6.93. The quantitative estimate of drug-likeness (QED) is 0.322. The molecule has 1 rings (SSSR count). The fourth-order valence-electron chi connectivity index (χ4n) is 1.47. The Bertz CT molecular complexity index is 407. The highest BCUT2D eigenvalue weighted by Gasteiger charge is 2.23. The van der Waals surface area contributed by atoms with Gasteiger partial charge in [0.15, 0.2) is 0 Å². The van der Waals surface area contributed by atoms with Crippen LogP contribution in [0.1, 0.15) is 26.3 Å². The van der Waals surface area contributed by atoms with E-state index in [1.54, 1.807) is 13.2 Å². The predicted octanol–water partition coefficient (Wildman–Crippen LogP) is 3.97. The number of benzene rings is 1. The molecule has 1 aromatic carbocycles. The zero-order chi connectivity index (χ0) is 14.1. The summed E-state index contributed by atoms with van der Waals surface area (Å²) in [5, 5.41) is 0. The predicted molar refractivity (Wildman–Crippen MR) is 76.4 cm³/mol. The lowest BCUT2D eigenvalue weighted by molar-refractivity contribution is -0.409. The standard InChI is InChI=1S/C16H22O3/c1-5-6-8-13-15(17-4)18-19-16(2,3)14-11-9-7-10-12-14/h5-13,15H,1-4H3/b6-5+,13-8+. The zero-order valence-corrected chi connectivity index (χ0v) is 12.0. The van der Waals surface area contributed by atoms with E-state index in [2.05, 4.69) is 0 Å². The molecule has 3 nitrogen and oxygen atoms in total. The Morgan fingerprint density at radius 3 is 2.37 bits per heavy atom. The summed E-state index contributed by atoms with van der Waals surface area (Å²) in [4.78, 5) is 10.8. The van der Waals surface area contributed by atoms with Crippen molar-refractivity contribution < 1.29 is 14.5 Å². The molecule has 0 saturated heterocycles. The number of allylic oxidation sites excluding steroid dienone is 3. The van der Waals surface area contributed by atoms with Gasteiger partial charge >= 0.3 is 0 Å². The molecule has 1 unspecified atom stereocenters. The molecule has 0 aliphatic carbocycles. The van der Waals surface area contributed by atoms with E-state index in [1.807, 2.05) is 69.3 Å². The lowest BCUT2D eigenvalue weighted by Gasteiger charge is -2.25. The van der Waals surface area contributed by atoms with Crippen molar-refractivity contribution in [1.82, 2.24) is 0 Å². The number of hydrogen-bond acceptors (Lipinski definition) is 3. The molecule has 0 fully saturated rings. The number of rotatable bonds is 7. The van der Waals surface area contributed by atoms with Crippen molar-refractivity contribution in [3.8, 4) is 0 Å². The van der Waals surface area contributed by atoms with Crippen LogP contribution in [0.15, 0.2) is 54.6 Å². The highest BCUT2D eigenvalue weighted by molar-refractivity contribution is 5.20. The maximum Gasteiger partial charge on any atom is 0.210 e. The van der Waals surface area contributed by atoms with E-state index in [0.29, 0.717) is 0 Å². The van der Waals surface area contributed by atoms with Crippen molar-refractivity contribution >= 4 is 0 Å². The third-order valence-electron chi connectivity index (χ3n) is 2.62. The van der Waals surface area contributed by atoms with Gasteiger partial charge < -0.3 is 4.74 Å². The van der Waals surface area contributed by atoms with E-state index in [1.165, 1.54) is 0 Å². The van der Waals surface area contributed by atoms with Crippen LogP contribution in [0.5, 0.6) is 0 Å². The van der Waals surface area contributed by atoms with Gasteiger partial charge in [0.2, 0.25) is 6.29 Å². The van der Waals surface area contributed by atoms with Crippen LogP contribution in [-0.2, 0) is 20.1 Å². The van der Waals surface area contributed by atoms with Gasteiger partial charge in [0.1, 0.15) is 5.60 Å². The average molecular weight is 262 g/mol. The third kappa shape index (κ3) is 5.39. The fourth-order valence-corrected chi connectivity index (χ4v) is 1.47. The summed E-state index contributed by atoms with van der Waals surface area (Å²) < 4.78 is 5.16. The molecule has 0 radical (unpaired) electrons. The first-order chi connectivity index (χ1) is 9.10. The van der Waals surface area contributed by atoms with E-state index < -0.39 is 11.9 Å². The summed E-state index contributed by atoms with van der Waals surface area (Å²) in [6, 6.07) is 9.92. The van der Waals surface area contributed by atoms with Gasteiger partial charge in [0.25, 0.3) is 0 Å². The molecule has 0 aromatic heterocycles. The summed E-state index contributed by atoms with van der Waals surface area (Å²) in [5.74, 6) is 0. The first-order valence-electron chi connectivity index (χ1n) is 6.32. The van der Waals surface area contributed by atoms with Gasteiger partial charge in [-0.3, -0.25) is 0 Å². The van der Waals surface area contributed by atoms with E-state index in [9.17, 15) is 0 Å². The van der Waals surface area contributed by atoms with Crippen molar-refractivity contribution in [2.24, 2.45) is 0 Å². The Kier molecular flexibility index (Phi) is 6.50. The summed E-state index contributed by atoms with van der Waals surface area (Å²) in [5.41, 5.74) is 0.509. The Morgan fingerprint density at radius 2 is 1.79 bits per heavy atom. The Balaban J connectivity index is 2.58. The fraction of sp³-hybridized carbons (Fsp3) is 0.375. The Morgan fingerprint density at radius 1 is 1.11 bits per heavy atom. The molecule has 0 aliphatic heterocycles. The molecule has 19 heavy (non-hydrogen) atoms. The topological polar surface area (TPSA) is 27.7 Å². The maximum atomic E-state index is 5.50. The average Bonchev–Trinajstić information content (AvgIpc) is 2.43. The van der Waals surface area contributed by atoms with Crippen LogP contribution in [0.25, 0.3) is 0 Å². The summed E-state index contributed by atoms with van der Waals surface area (Å²) >= 11 is 0. The second kappa shape index (κ2) is 7.89. The SMILES string of the molecule is C/C=C/C=C/C(OC)OOC(C)(C)c1ccccc1. The van der Waals surface area contributed by atoms with Crippen molar-refractivity contribution in [1.29, 1.82) is 0 Å². The molecule has 0 heterocycles. The van der Waals surface area contributed by atoms with Crippen LogP contribution in [0.4, 0.5) is 0 Å². The second-order valence-corrected chi connectivity index (χ2v) is 4.57. The van der Waals surface area contributed by atoms with Crippen LogP contribution in [0, 0.1) is 0 Å². The number of ether oxygens (including phenoxy) is 1. The molecule has 3 heteroatoms. The van der Waals surface area contributed by atoms with Gasteiger partial charge in [-0.15, -0.1) is 0 Å². The lowest BCUT2D eigenvalue weighted by Crippen LogP contribution is -2.25. The van der Waals surface area contributed by atoms with Gasteiger partial charge in [-0.2, -0.15) is 4.89 Å². The van der Waals surface area contributed by atoms with Gasteiger partial charge in [-0.25, -0.2) is 4.89 Å². The molecule has 0 amide bonds. The van der Waals surface area contributed by atoms with E-state index >= 15 is 0 Å². The highest BCUT2D eigenvalue weighted by atomic mass is 17.2. The van der Waals surface area contributed by atoms with E-state index in [0.717, 1.165) is 5.56 Å². The molecular formula is C16H22O3. The largest absolute Gasteiger partial charge is 0.350 e. The molecule has 104 valence electrons. The molecule has 0 spiro atoms. The number of methoxy groups -OCH3 is 1. The third-order valence-corrected chi connectivity index (χ3v) is 2.62. The van der Waals surface area contributed by atoms with Crippen LogP contribution < -0.4 is 0 Å². The lowest BCUT2D eigenvalue weighted by atomic mass is 9.99. The zero-order valence-electron chi connectivity index (χ0n) is 12.0. The smallest absolute Gasteiger partial charge is 0.210 e. The molecule has 0 aliphatic rings. The first-order valence-corrected chi connectivity index (χ1v) is 6.32. The van der Waals surface area contributed by atoms with E-state index in [-0.39, 0.29) is 0 Å². The van der Waals surface area contributed by atoms with E-state index in [4.69, 9.17) is 14.5 Å². The van der Waals surface area contributed by atoms with Crippen molar-refractivity contribution in [3.63, 3.8) is 0 Å². The molecule has 1 atom stereocenters. The minimum atomic E-state index is -0.535. The minimum absolute atomic E-state index is 0.529. The molecule has 0 saturated carbocycles. The molecular weight excluding hydrogens is 240 g/mol. The van der Waals surface area contributed by atoms with Crippen LogP contribution in [-0.4, -0.2) is 13.4 Å². The van der Waals surface area contributed by atoms with Gasteiger partial charge in [0.05, 0.1) is 0 Å². The normalized spacial score (nSPS) is 14.3. The van der Waals surface area contributed by atoms with Gasteiger partial charge in [-0.05, 0) is 32.4 Å². The summed E-state index contributed by atoms with van der Waals surface area (Å²) in [7, 11) is 1.57.